The van der Waals surface area contributed by atoms with Crippen LogP contribution >= 0.6 is 11.6 Å². The fraction of sp³-hybridized carbons (Fsp3) is 0.562. The largest absolute Gasteiger partial charge is 0.384 e. The van der Waals surface area contributed by atoms with E-state index in [9.17, 15) is 13.2 Å². The first kappa shape index (κ1) is 19.2. The van der Waals surface area contributed by atoms with Crippen molar-refractivity contribution in [3.8, 4) is 0 Å². The average Bonchev–Trinajstić information content (AvgIpc) is 2.57. The maximum atomic E-state index is 12.4. The van der Waals surface area contributed by atoms with Gasteiger partial charge in [0.2, 0.25) is 15.9 Å². The number of ether oxygens (including phenoxy) is 1. The predicted octanol–water partition coefficient (Wildman–Crippen LogP) is 2.28. The summed E-state index contributed by atoms with van der Waals surface area (Å²) in [4.78, 5) is 12.4. The van der Waals surface area contributed by atoms with Gasteiger partial charge in [-0.25, -0.2) is 12.7 Å². The minimum atomic E-state index is -3.31. The van der Waals surface area contributed by atoms with Crippen molar-refractivity contribution in [2.24, 2.45) is 5.92 Å². The van der Waals surface area contributed by atoms with Crippen LogP contribution in [0.25, 0.3) is 0 Å². The molecule has 1 saturated heterocycles. The molecule has 0 bridgehead atoms. The Morgan fingerprint density at radius 3 is 2.67 bits per heavy atom. The molecule has 0 saturated carbocycles. The summed E-state index contributed by atoms with van der Waals surface area (Å²) in [5.41, 5.74) is 1.52. The molecule has 8 heteroatoms. The summed E-state index contributed by atoms with van der Waals surface area (Å²) in [7, 11) is -1.83. The van der Waals surface area contributed by atoms with E-state index in [4.69, 9.17) is 16.3 Å². The second-order valence-electron chi connectivity index (χ2n) is 5.88. The van der Waals surface area contributed by atoms with Crippen LogP contribution in [0, 0.1) is 12.8 Å². The molecule has 0 radical (unpaired) electrons. The number of carbonyl (C=O) groups is 1. The lowest BCUT2D eigenvalue weighted by atomic mass is 9.97. The van der Waals surface area contributed by atoms with E-state index in [-0.39, 0.29) is 24.2 Å². The van der Waals surface area contributed by atoms with E-state index in [0.29, 0.717) is 36.6 Å². The van der Waals surface area contributed by atoms with Crippen molar-refractivity contribution in [2.75, 3.05) is 37.9 Å². The van der Waals surface area contributed by atoms with Crippen molar-refractivity contribution in [3.05, 3.63) is 28.8 Å². The molecule has 6 nitrogen and oxygen atoms in total. The summed E-state index contributed by atoms with van der Waals surface area (Å²) in [6.45, 7) is 2.75. The van der Waals surface area contributed by atoms with Crippen molar-refractivity contribution < 1.29 is 17.9 Å². The molecule has 1 aliphatic heterocycles. The number of rotatable bonds is 6. The molecule has 1 amide bonds. The molecule has 0 aromatic heterocycles. The lowest BCUT2D eigenvalue weighted by Crippen LogP contribution is -2.42. The van der Waals surface area contributed by atoms with Gasteiger partial charge in [-0.3, -0.25) is 4.79 Å². The fourth-order valence-electron chi connectivity index (χ4n) is 2.69. The van der Waals surface area contributed by atoms with Crippen LogP contribution in [-0.4, -0.2) is 51.2 Å². The van der Waals surface area contributed by atoms with Crippen LogP contribution in [0.4, 0.5) is 5.69 Å². The second kappa shape index (κ2) is 8.29. The number of piperidine rings is 1. The number of hydrogen-bond donors (Lipinski definition) is 1. The van der Waals surface area contributed by atoms with Gasteiger partial charge in [0.05, 0.1) is 12.4 Å². The van der Waals surface area contributed by atoms with Gasteiger partial charge in [-0.1, -0.05) is 17.7 Å². The van der Waals surface area contributed by atoms with Crippen LogP contribution in [0.2, 0.25) is 5.02 Å². The highest BCUT2D eigenvalue weighted by Crippen LogP contribution is 2.26. The molecule has 1 fully saturated rings. The molecule has 0 spiro atoms. The summed E-state index contributed by atoms with van der Waals surface area (Å²) < 4.78 is 30.5. The minimum absolute atomic E-state index is 0.0257. The second-order valence-corrected chi connectivity index (χ2v) is 8.38. The van der Waals surface area contributed by atoms with Crippen LogP contribution in [-0.2, 0) is 19.6 Å². The standard InChI is InChI=1S/C16H23ClN2O4S/c1-12-14(17)4-3-5-15(12)18-16(20)13-6-8-19(9-7-13)24(21,22)11-10-23-2/h3-5,13H,6-11H2,1-2H3,(H,18,20). The molecule has 1 N–H and O–H groups in total. The minimum Gasteiger partial charge on any atom is -0.384 e. The van der Waals surface area contributed by atoms with Crippen molar-refractivity contribution >= 4 is 33.2 Å². The molecular weight excluding hydrogens is 352 g/mol. The zero-order valence-corrected chi connectivity index (χ0v) is 15.5. The van der Waals surface area contributed by atoms with E-state index in [1.165, 1.54) is 11.4 Å². The highest BCUT2D eigenvalue weighted by molar-refractivity contribution is 7.89. The van der Waals surface area contributed by atoms with Crippen molar-refractivity contribution in [3.63, 3.8) is 0 Å². The lowest BCUT2D eigenvalue weighted by Gasteiger charge is -2.30. The van der Waals surface area contributed by atoms with Crippen LogP contribution < -0.4 is 5.32 Å². The van der Waals surface area contributed by atoms with Gasteiger partial charge >= 0.3 is 0 Å². The van der Waals surface area contributed by atoms with Gasteiger partial charge in [-0.15, -0.1) is 0 Å². The highest BCUT2D eigenvalue weighted by atomic mass is 35.5. The third-order valence-corrected chi connectivity index (χ3v) is 6.53. The smallest absolute Gasteiger partial charge is 0.227 e. The van der Waals surface area contributed by atoms with Crippen molar-refractivity contribution in [1.82, 2.24) is 4.31 Å². The number of benzene rings is 1. The summed E-state index contributed by atoms with van der Waals surface area (Å²) >= 11 is 6.06. The van der Waals surface area contributed by atoms with Gasteiger partial charge in [0, 0.05) is 36.8 Å². The quantitative estimate of drug-likeness (QED) is 0.828. The Balaban J connectivity index is 1.92. The number of anilines is 1. The summed E-state index contributed by atoms with van der Waals surface area (Å²) in [5, 5.41) is 3.50. The molecule has 24 heavy (non-hydrogen) atoms. The lowest BCUT2D eigenvalue weighted by molar-refractivity contribution is -0.120. The Labute approximate surface area is 148 Å². The summed E-state index contributed by atoms with van der Waals surface area (Å²) in [6.07, 6.45) is 1.02. The third-order valence-electron chi connectivity index (χ3n) is 4.29. The van der Waals surface area contributed by atoms with Gasteiger partial charge in [-0.05, 0) is 37.5 Å². The van der Waals surface area contributed by atoms with Crippen LogP contribution in [0.15, 0.2) is 18.2 Å². The predicted molar refractivity (Wildman–Crippen MR) is 94.8 cm³/mol. The summed E-state index contributed by atoms with van der Waals surface area (Å²) in [6, 6.07) is 5.37. The number of halogens is 1. The maximum Gasteiger partial charge on any atom is 0.227 e. The number of nitrogens with one attached hydrogen (secondary N) is 1. The number of amides is 1. The first-order valence-corrected chi connectivity index (χ1v) is 9.86. The van der Waals surface area contributed by atoms with Gasteiger partial charge in [0.25, 0.3) is 0 Å². The first-order chi connectivity index (χ1) is 11.3. The molecule has 0 aliphatic carbocycles. The molecule has 1 aliphatic rings. The third kappa shape index (κ3) is 4.69. The van der Waals surface area contributed by atoms with Gasteiger partial charge < -0.3 is 10.1 Å². The Kier molecular flexibility index (Phi) is 6.62. The Bertz CT molecular complexity index is 685. The Morgan fingerprint density at radius 1 is 1.38 bits per heavy atom. The molecule has 0 unspecified atom stereocenters. The SMILES string of the molecule is COCCS(=O)(=O)N1CCC(C(=O)Nc2cccc(Cl)c2C)CC1. The molecular formula is C16H23ClN2O4S. The van der Waals surface area contributed by atoms with Crippen LogP contribution in [0.5, 0.6) is 0 Å². The van der Waals surface area contributed by atoms with E-state index in [0.717, 1.165) is 5.56 Å². The van der Waals surface area contributed by atoms with Gasteiger partial charge in [-0.2, -0.15) is 0 Å². The number of sulfonamides is 1. The highest BCUT2D eigenvalue weighted by Gasteiger charge is 2.31. The fourth-order valence-corrected chi connectivity index (χ4v) is 4.27. The average molecular weight is 375 g/mol. The maximum absolute atomic E-state index is 12.4. The molecule has 1 aromatic carbocycles. The number of methoxy groups -OCH3 is 1. The molecule has 1 aromatic rings. The molecule has 2 rings (SSSR count). The zero-order chi connectivity index (χ0) is 17.7. The van der Waals surface area contributed by atoms with E-state index in [1.54, 1.807) is 12.1 Å². The van der Waals surface area contributed by atoms with Crippen molar-refractivity contribution in [1.29, 1.82) is 0 Å². The topological polar surface area (TPSA) is 75.7 Å². The summed E-state index contributed by atoms with van der Waals surface area (Å²) in [5.74, 6) is -0.311. The molecule has 0 atom stereocenters. The van der Waals surface area contributed by atoms with E-state index in [1.807, 2.05) is 13.0 Å². The monoisotopic (exact) mass is 374 g/mol. The number of nitrogens with zero attached hydrogens (tertiary/aromatic N) is 1. The van der Waals surface area contributed by atoms with Crippen molar-refractivity contribution in [2.45, 2.75) is 19.8 Å². The van der Waals surface area contributed by atoms with Crippen LogP contribution in [0.3, 0.4) is 0 Å². The zero-order valence-electron chi connectivity index (χ0n) is 13.9. The molecule has 1 heterocycles. The Hall–Kier alpha value is -1.15. The first-order valence-electron chi connectivity index (χ1n) is 7.88. The normalized spacial score (nSPS) is 17.0. The van der Waals surface area contributed by atoms with Gasteiger partial charge in [0.15, 0.2) is 0 Å². The van der Waals surface area contributed by atoms with Gasteiger partial charge in [0.1, 0.15) is 0 Å². The number of carbonyl (C=O) groups excluding carboxylic acids is 1. The number of hydrogen-bond acceptors (Lipinski definition) is 4. The van der Waals surface area contributed by atoms with Crippen LogP contribution in [0.1, 0.15) is 18.4 Å². The Morgan fingerprint density at radius 2 is 2.04 bits per heavy atom. The van der Waals surface area contributed by atoms with E-state index in [2.05, 4.69) is 5.32 Å². The van der Waals surface area contributed by atoms with E-state index < -0.39 is 10.0 Å². The molecule has 134 valence electrons. The van der Waals surface area contributed by atoms with E-state index >= 15 is 0 Å².